The second kappa shape index (κ2) is 9.46. The van der Waals surface area contributed by atoms with E-state index in [0.717, 1.165) is 16.7 Å². The molecule has 0 saturated heterocycles. The van der Waals surface area contributed by atoms with E-state index in [1.807, 2.05) is 47.0 Å². The highest BCUT2D eigenvalue weighted by Crippen LogP contribution is 2.39. The number of hydrogen-bond donors (Lipinski definition) is 1. The first-order valence-corrected chi connectivity index (χ1v) is 11.4. The van der Waals surface area contributed by atoms with Gasteiger partial charge >= 0.3 is 0 Å². The summed E-state index contributed by atoms with van der Waals surface area (Å²) in [7, 11) is 3.24. The Morgan fingerprint density at radius 3 is 2.53 bits per heavy atom. The van der Waals surface area contributed by atoms with Crippen molar-refractivity contribution in [1.29, 1.82) is 0 Å². The average molecular weight is 479 g/mol. The minimum absolute atomic E-state index is 0.408. The first-order valence-electron chi connectivity index (χ1n) is 11.0. The van der Waals surface area contributed by atoms with Crippen molar-refractivity contribution < 1.29 is 19.0 Å². The average Bonchev–Trinajstić information content (AvgIpc) is 3.48. The Labute approximate surface area is 202 Å². The zero-order chi connectivity index (χ0) is 23.7. The Morgan fingerprint density at radius 2 is 1.82 bits per heavy atom. The van der Waals surface area contributed by atoms with Crippen LogP contribution in [0, 0.1) is 4.77 Å². The Bertz CT molecular complexity index is 1330. The molecule has 3 heterocycles. The maximum atomic E-state index is 11.0. The number of benzene rings is 2. The number of aliphatic hydroxyl groups is 1. The third-order valence-corrected chi connectivity index (χ3v) is 6.47. The van der Waals surface area contributed by atoms with E-state index in [-0.39, 0.29) is 0 Å². The summed E-state index contributed by atoms with van der Waals surface area (Å²) in [4.78, 5) is 2.09. The van der Waals surface area contributed by atoms with Crippen molar-refractivity contribution in [1.82, 2.24) is 19.2 Å². The summed E-state index contributed by atoms with van der Waals surface area (Å²) in [5, 5.41) is 15.8. The quantitative estimate of drug-likeness (QED) is 0.398. The van der Waals surface area contributed by atoms with E-state index >= 15 is 0 Å². The monoisotopic (exact) mass is 478 g/mol. The molecule has 0 amide bonds. The van der Waals surface area contributed by atoms with Crippen LogP contribution in [0.2, 0.25) is 0 Å². The predicted molar refractivity (Wildman–Crippen MR) is 129 cm³/mol. The van der Waals surface area contributed by atoms with E-state index in [1.165, 1.54) is 0 Å². The number of nitrogens with zero attached hydrogens (tertiary/aromatic N) is 4. The predicted octanol–water partition coefficient (Wildman–Crippen LogP) is 4.25. The van der Waals surface area contributed by atoms with E-state index in [9.17, 15) is 5.11 Å². The van der Waals surface area contributed by atoms with Crippen LogP contribution in [0.3, 0.4) is 0 Å². The Morgan fingerprint density at radius 1 is 1.06 bits per heavy atom. The summed E-state index contributed by atoms with van der Waals surface area (Å²) in [6.45, 7) is 1.97. The van der Waals surface area contributed by atoms with Crippen molar-refractivity contribution in [2.75, 3.05) is 20.8 Å². The van der Waals surface area contributed by atoms with Crippen LogP contribution in [0.5, 0.6) is 11.5 Å². The lowest BCUT2D eigenvalue weighted by Gasteiger charge is -2.33. The summed E-state index contributed by atoms with van der Waals surface area (Å²) in [6, 6.07) is 17.5. The molecule has 0 fully saturated rings. The summed E-state index contributed by atoms with van der Waals surface area (Å²) in [5.74, 6) is 2.69. The van der Waals surface area contributed by atoms with Gasteiger partial charge in [0.05, 0.1) is 39.8 Å². The van der Waals surface area contributed by atoms with Crippen LogP contribution in [-0.4, -0.2) is 45.1 Å². The SMILES string of the molecule is COc1ccc(OC)c2c1CN(Cn1nc(-c3ccco3)n(Cc3ccccc3)c1=S)CC2O. The van der Waals surface area contributed by atoms with Crippen molar-refractivity contribution in [2.45, 2.75) is 25.9 Å². The number of aliphatic hydroxyl groups excluding tert-OH is 1. The summed E-state index contributed by atoms with van der Waals surface area (Å²) in [6.07, 6.45) is 0.904. The minimum atomic E-state index is -0.723. The molecule has 1 aliphatic heterocycles. The van der Waals surface area contributed by atoms with Crippen LogP contribution in [0.25, 0.3) is 11.6 Å². The molecule has 0 radical (unpaired) electrons. The van der Waals surface area contributed by atoms with Gasteiger partial charge in [-0.05, 0) is 42.0 Å². The lowest BCUT2D eigenvalue weighted by atomic mass is 9.95. The van der Waals surface area contributed by atoms with Gasteiger partial charge in [-0.25, -0.2) is 4.68 Å². The number of fused-ring (bicyclic) bond motifs is 1. The fourth-order valence-corrected chi connectivity index (χ4v) is 4.72. The molecule has 0 aliphatic carbocycles. The van der Waals surface area contributed by atoms with E-state index < -0.39 is 6.10 Å². The normalized spacial score (nSPS) is 15.8. The van der Waals surface area contributed by atoms with Crippen LogP contribution in [0.15, 0.2) is 65.3 Å². The van der Waals surface area contributed by atoms with Gasteiger partial charge in [0.25, 0.3) is 0 Å². The number of β-amino-alcohol motifs (C(OH)–C–C–N with tert-alkyl or cyclic N) is 1. The molecule has 0 saturated carbocycles. The summed E-state index contributed by atoms with van der Waals surface area (Å²) < 4.78 is 21.0. The van der Waals surface area contributed by atoms with Crippen molar-refractivity contribution in [3.8, 4) is 23.1 Å². The number of aromatic nitrogens is 3. The van der Waals surface area contributed by atoms with Gasteiger partial charge < -0.3 is 19.0 Å². The molecular weight excluding hydrogens is 452 g/mol. The number of furan rings is 1. The molecular formula is C25H26N4O4S. The van der Waals surface area contributed by atoms with Crippen LogP contribution in [0.4, 0.5) is 0 Å². The van der Waals surface area contributed by atoms with Gasteiger partial charge in [0.1, 0.15) is 11.5 Å². The fraction of sp³-hybridized carbons (Fsp3) is 0.280. The second-order valence-electron chi connectivity index (χ2n) is 8.19. The van der Waals surface area contributed by atoms with Gasteiger partial charge in [-0.2, -0.15) is 0 Å². The molecule has 2 aromatic carbocycles. The third-order valence-electron chi connectivity index (χ3n) is 6.04. The van der Waals surface area contributed by atoms with Crippen LogP contribution in [0.1, 0.15) is 22.8 Å². The van der Waals surface area contributed by atoms with Crippen LogP contribution >= 0.6 is 12.2 Å². The zero-order valence-electron chi connectivity index (χ0n) is 19.0. The van der Waals surface area contributed by atoms with E-state index in [4.69, 9.17) is 31.2 Å². The van der Waals surface area contributed by atoms with Crippen molar-refractivity contribution in [3.05, 3.63) is 82.3 Å². The van der Waals surface area contributed by atoms with Crippen LogP contribution < -0.4 is 9.47 Å². The second-order valence-corrected chi connectivity index (χ2v) is 8.55. The highest BCUT2D eigenvalue weighted by Gasteiger charge is 2.30. The smallest absolute Gasteiger partial charge is 0.199 e. The number of rotatable bonds is 7. The van der Waals surface area contributed by atoms with Gasteiger partial charge in [0, 0.05) is 24.2 Å². The largest absolute Gasteiger partial charge is 0.496 e. The topological polar surface area (TPSA) is 77.8 Å². The first-order chi connectivity index (χ1) is 16.6. The first kappa shape index (κ1) is 22.4. The molecule has 2 aromatic heterocycles. The molecule has 34 heavy (non-hydrogen) atoms. The van der Waals surface area contributed by atoms with Gasteiger partial charge in [0.2, 0.25) is 0 Å². The maximum Gasteiger partial charge on any atom is 0.199 e. The number of ether oxygens (including phenoxy) is 2. The van der Waals surface area contributed by atoms with Gasteiger partial charge in [-0.1, -0.05) is 30.3 Å². The van der Waals surface area contributed by atoms with Crippen molar-refractivity contribution >= 4 is 12.2 Å². The molecule has 8 nitrogen and oxygen atoms in total. The maximum absolute atomic E-state index is 11.0. The third kappa shape index (κ3) is 4.13. The Kier molecular flexibility index (Phi) is 6.23. The molecule has 1 N–H and O–H groups in total. The highest BCUT2D eigenvalue weighted by molar-refractivity contribution is 7.71. The van der Waals surface area contributed by atoms with E-state index in [2.05, 4.69) is 17.0 Å². The Hall–Kier alpha value is -3.40. The van der Waals surface area contributed by atoms with Crippen molar-refractivity contribution in [3.63, 3.8) is 0 Å². The molecule has 5 rings (SSSR count). The molecule has 4 aromatic rings. The minimum Gasteiger partial charge on any atom is -0.496 e. The molecule has 9 heteroatoms. The van der Waals surface area contributed by atoms with Crippen LogP contribution in [-0.2, 0) is 19.8 Å². The number of hydrogen-bond acceptors (Lipinski definition) is 7. The molecule has 176 valence electrons. The van der Waals surface area contributed by atoms with Gasteiger partial charge in [-0.3, -0.25) is 9.47 Å². The van der Waals surface area contributed by atoms with E-state index in [0.29, 0.717) is 54.2 Å². The lowest BCUT2D eigenvalue weighted by molar-refractivity contribution is 0.0669. The van der Waals surface area contributed by atoms with Crippen molar-refractivity contribution in [2.24, 2.45) is 0 Å². The molecule has 1 unspecified atom stereocenters. The van der Waals surface area contributed by atoms with Gasteiger partial charge in [0.15, 0.2) is 16.4 Å². The molecule has 0 bridgehead atoms. The number of methoxy groups -OCH3 is 2. The summed E-state index contributed by atoms with van der Waals surface area (Å²) in [5.41, 5.74) is 2.79. The molecule has 0 spiro atoms. The standard InChI is InChI=1S/C25H26N4O4S/c1-31-20-10-11-21(32-2)23-18(20)14-27(15-19(23)30)16-29-25(34)28(13-17-7-4-3-5-8-17)24(26-29)22-9-6-12-33-22/h3-12,19,30H,13-16H2,1-2H3. The zero-order valence-corrected chi connectivity index (χ0v) is 19.9. The molecule has 1 atom stereocenters. The highest BCUT2D eigenvalue weighted by atomic mass is 32.1. The fourth-order valence-electron chi connectivity index (χ4n) is 4.47. The Balaban J connectivity index is 1.49. The lowest BCUT2D eigenvalue weighted by Crippen LogP contribution is -2.36. The molecule has 1 aliphatic rings. The van der Waals surface area contributed by atoms with Gasteiger partial charge in [-0.15, -0.1) is 5.10 Å². The van der Waals surface area contributed by atoms with E-state index in [1.54, 1.807) is 25.2 Å². The summed E-state index contributed by atoms with van der Waals surface area (Å²) >= 11 is 5.84.